The summed E-state index contributed by atoms with van der Waals surface area (Å²) in [7, 11) is 1.57. The van der Waals surface area contributed by atoms with Gasteiger partial charge in [-0.25, -0.2) is 4.39 Å². The molecule has 1 heterocycles. The van der Waals surface area contributed by atoms with Crippen molar-refractivity contribution in [2.45, 2.75) is 33.2 Å². The van der Waals surface area contributed by atoms with Gasteiger partial charge in [0.2, 0.25) is 0 Å². The number of rotatable bonds is 6. The highest BCUT2D eigenvalue weighted by Crippen LogP contribution is 2.25. The number of nitrogens with zero attached hydrogens (tertiary/aromatic N) is 1. The highest BCUT2D eigenvalue weighted by atomic mass is 35.5. The van der Waals surface area contributed by atoms with Crippen molar-refractivity contribution in [2.24, 2.45) is 7.05 Å². The lowest BCUT2D eigenvalue weighted by Gasteiger charge is -2.23. The highest BCUT2D eigenvalue weighted by Gasteiger charge is 2.31. The lowest BCUT2D eigenvalue weighted by atomic mass is 10.0. The minimum atomic E-state index is -0.969. The van der Waals surface area contributed by atoms with E-state index in [2.05, 4.69) is 10.6 Å². The summed E-state index contributed by atoms with van der Waals surface area (Å²) in [6.45, 7) is 6.02. The van der Waals surface area contributed by atoms with E-state index in [-0.39, 0.29) is 22.9 Å². The van der Waals surface area contributed by atoms with E-state index in [0.717, 1.165) is 6.07 Å². The van der Waals surface area contributed by atoms with Crippen molar-refractivity contribution in [3.05, 3.63) is 51.6 Å². The number of benzene rings is 1. The third-order valence-corrected chi connectivity index (χ3v) is 4.89. The first-order valence-electron chi connectivity index (χ1n) is 8.79. The maximum atomic E-state index is 13.3. The summed E-state index contributed by atoms with van der Waals surface area (Å²) in [5.74, 6) is -2.83. The molecule has 0 spiro atoms. The van der Waals surface area contributed by atoms with Gasteiger partial charge in [0.15, 0.2) is 0 Å². The Balaban J connectivity index is 2.36. The molecule has 1 aromatic heterocycles. The second kappa shape index (κ2) is 8.34. The molecule has 1 aromatic carbocycles. The molecule has 29 heavy (non-hydrogen) atoms. The summed E-state index contributed by atoms with van der Waals surface area (Å²) in [4.78, 5) is 37.8. The molecule has 0 unspecified atom stereocenters. The molecule has 156 valence electrons. The molecule has 0 atom stereocenters. The molecule has 9 heteroatoms. The van der Waals surface area contributed by atoms with Crippen molar-refractivity contribution >= 4 is 34.9 Å². The number of anilines is 1. The standard InChI is InChI=1S/C20H23ClFN3O4/c1-10-15(18(28)23-12-6-7-14(22)13(21)8-12)11(2)25(5)16(10)17(27)19(29)24-20(3,4)9-26/h6-8,26H,9H2,1-5H3,(H,23,28)(H,24,29). The number of carbonyl (C=O) groups is 3. The second-order valence-electron chi connectivity index (χ2n) is 7.40. The Morgan fingerprint density at radius 2 is 1.86 bits per heavy atom. The third-order valence-electron chi connectivity index (χ3n) is 4.60. The molecule has 0 aliphatic rings. The summed E-state index contributed by atoms with van der Waals surface area (Å²) in [6, 6.07) is 3.77. The Kier molecular flexibility index (Phi) is 6.50. The van der Waals surface area contributed by atoms with Crippen molar-refractivity contribution in [2.75, 3.05) is 11.9 Å². The first-order chi connectivity index (χ1) is 13.4. The molecular formula is C20H23ClFN3O4. The van der Waals surface area contributed by atoms with Crippen molar-refractivity contribution < 1.29 is 23.9 Å². The Morgan fingerprint density at radius 3 is 2.41 bits per heavy atom. The molecule has 0 bridgehead atoms. The molecule has 0 saturated carbocycles. The number of hydrogen-bond donors (Lipinski definition) is 3. The van der Waals surface area contributed by atoms with Crippen molar-refractivity contribution in [1.82, 2.24) is 9.88 Å². The number of ketones is 1. The van der Waals surface area contributed by atoms with Crippen LogP contribution in [0.3, 0.4) is 0 Å². The number of hydrogen-bond acceptors (Lipinski definition) is 4. The zero-order valence-corrected chi connectivity index (χ0v) is 17.6. The third kappa shape index (κ3) is 4.65. The van der Waals surface area contributed by atoms with E-state index in [9.17, 15) is 23.9 Å². The molecule has 0 aliphatic heterocycles. The predicted molar refractivity (Wildman–Crippen MR) is 108 cm³/mol. The first kappa shape index (κ1) is 22.6. The SMILES string of the molecule is Cc1c(C(=O)Nc2ccc(F)c(Cl)c2)c(C)n(C)c1C(=O)C(=O)NC(C)(C)CO. The second-order valence-corrected chi connectivity index (χ2v) is 7.81. The number of halogens is 2. The average molecular weight is 424 g/mol. The van der Waals surface area contributed by atoms with Gasteiger partial charge in [0, 0.05) is 18.4 Å². The molecule has 2 rings (SSSR count). The van der Waals surface area contributed by atoms with Gasteiger partial charge in [0.25, 0.3) is 17.6 Å². The van der Waals surface area contributed by atoms with Crippen LogP contribution < -0.4 is 10.6 Å². The molecule has 0 radical (unpaired) electrons. The average Bonchev–Trinajstić information content (AvgIpc) is 2.86. The zero-order chi connectivity index (χ0) is 22.1. The zero-order valence-electron chi connectivity index (χ0n) is 16.8. The molecular weight excluding hydrogens is 401 g/mol. The molecule has 3 N–H and O–H groups in total. The fourth-order valence-corrected chi connectivity index (χ4v) is 3.09. The number of carbonyl (C=O) groups excluding carboxylic acids is 3. The van der Waals surface area contributed by atoms with Crippen LogP contribution in [-0.2, 0) is 11.8 Å². The van der Waals surface area contributed by atoms with Crippen molar-refractivity contribution in [3.63, 3.8) is 0 Å². The lowest BCUT2D eigenvalue weighted by molar-refractivity contribution is -0.119. The van der Waals surface area contributed by atoms with Gasteiger partial charge in [-0.3, -0.25) is 14.4 Å². The number of aromatic nitrogens is 1. The van der Waals surface area contributed by atoms with Crippen LogP contribution >= 0.6 is 11.6 Å². The molecule has 7 nitrogen and oxygen atoms in total. The Labute approximate surface area is 172 Å². The number of aliphatic hydroxyl groups is 1. The van der Waals surface area contributed by atoms with Crippen molar-refractivity contribution in [3.8, 4) is 0 Å². The number of aliphatic hydroxyl groups excluding tert-OH is 1. The van der Waals surface area contributed by atoms with Crippen LogP contribution in [-0.4, -0.2) is 39.4 Å². The maximum absolute atomic E-state index is 13.3. The van der Waals surface area contributed by atoms with Crippen LogP contribution in [0.4, 0.5) is 10.1 Å². The largest absolute Gasteiger partial charge is 0.394 e. The summed E-state index contributed by atoms with van der Waals surface area (Å²) in [5.41, 5.74) is 0.424. The lowest BCUT2D eigenvalue weighted by Crippen LogP contribution is -2.49. The van der Waals surface area contributed by atoms with Gasteiger partial charge in [-0.2, -0.15) is 0 Å². The Morgan fingerprint density at radius 1 is 1.24 bits per heavy atom. The topological polar surface area (TPSA) is 100 Å². The predicted octanol–water partition coefficient (Wildman–Crippen LogP) is 2.76. The van der Waals surface area contributed by atoms with Gasteiger partial charge in [-0.15, -0.1) is 0 Å². The first-order valence-corrected chi connectivity index (χ1v) is 9.17. The number of Topliss-reactive ketones (excluding diaryl/α,β-unsaturated/α-hetero) is 1. The van der Waals surface area contributed by atoms with E-state index in [1.165, 1.54) is 16.7 Å². The summed E-state index contributed by atoms with van der Waals surface area (Å²) in [6.07, 6.45) is 0. The van der Waals surface area contributed by atoms with Crippen LogP contribution in [0, 0.1) is 19.7 Å². The molecule has 0 saturated heterocycles. The van der Waals surface area contributed by atoms with Crippen LogP contribution in [0.15, 0.2) is 18.2 Å². The van der Waals surface area contributed by atoms with Gasteiger partial charge >= 0.3 is 0 Å². The van der Waals surface area contributed by atoms with E-state index >= 15 is 0 Å². The van der Waals surface area contributed by atoms with E-state index in [4.69, 9.17) is 11.6 Å². The van der Waals surface area contributed by atoms with E-state index < -0.39 is 29.0 Å². The van der Waals surface area contributed by atoms with Crippen molar-refractivity contribution in [1.29, 1.82) is 0 Å². The molecule has 0 aliphatic carbocycles. The summed E-state index contributed by atoms with van der Waals surface area (Å²) < 4.78 is 14.8. The molecule has 0 fully saturated rings. The minimum absolute atomic E-state index is 0.0658. The normalized spacial score (nSPS) is 11.3. The van der Waals surface area contributed by atoms with E-state index in [0.29, 0.717) is 16.9 Å². The van der Waals surface area contributed by atoms with Gasteiger partial charge in [-0.05, 0) is 51.5 Å². The fraction of sp³-hybridized carbons (Fsp3) is 0.350. The van der Waals surface area contributed by atoms with Crippen LogP contribution in [0.2, 0.25) is 5.02 Å². The Hall–Kier alpha value is -2.71. The maximum Gasteiger partial charge on any atom is 0.294 e. The smallest absolute Gasteiger partial charge is 0.294 e. The fourth-order valence-electron chi connectivity index (χ4n) is 2.91. The molecule has 2 aromatic rings. The molecule has 2 amide bonds. The Bertz CT molecular complexity index is 998. The quantitative estimate of drug-likeness (QED) is 0.491. The highest BCUT2D eigenvalue weighted by molar-refractivity contribution is 6.43. The van der Waals surface area contributed by atoms with E-state index in [1.807, 2.05) is 0 Å². The van der Waals surface area contributed by atoms with Crippen LogP contribution in [0.25, 0.3) is 0 Å². The van der Waals surface area contributed by atoms with Gasteiger partial charge in [-0.1, -0.05) is 11.6 Å². The van der Waals surface area contributed by atoms with Gasteiger partial charge in [0.05, 0.1) is 28.4 Å². The number of nitrogens with one attached hydrogen (secondary N) is 2. The minimum Gasteiger partial charge on any atom is -0.394 e. The van der Waals surface area contributed by atoms with Gasteiger partial charge in [0.1, 0.15) is 5.82 Å². The van der Waals surface area contributed by atoms with Crippen LogP contribution in [0.1, 0.15) is 46.0 Å². The van der Waals surface area contributed by atoms with Gasteiger partial charge < -0.3 is 20.3 Å². The van der Waals surface area contributed by atoms with E-state index in [1.54, 1.807) is 34.7 Å². The summed E-state index contributed by atoms with van der Waals surface area (Å²) in [5, 5.41) is 14.2. The van der Waals surface area contributed by atoms with Crippen LogP contribution in [0.5, 0.6) is 0 Å². The summed E-state index contributed by atoms with van der Waals surface area (Å²) >= 11 is 5.74. The number of amides is 2. The monoisotopic (exact) mass is 423 g/mol.